The van der Waals surface area contributed by atoms with Crippen LogP contribution in [0.5, 0.6) is 11.5 Å². The average molecular weight is 259 g/mol. The first-order chi connectivity index (χ1) is 9.22. The second-order valence-corrected chi connectivity index (χ2v) is 4.69. The lowest BCUT2D eigenvalue weighted by Crippen LogP contribution is -2.19. The third-order valence-electron chi connectivity index (χ3n) is 3.15. The molecule has 0 bridgehead atoms. The number of hydrogen-bond acceptors (Lipinski definition) is 4. The van der Waals surface area contributed by atoms with Gasteiger partial charge in [-0.2, -0.15) is 5.10 Å². The number of nitrogens with two attached hydrogens (primary N) is 1. The molecule has 3 rings (SSSR count). The van der Waals surface area contributed by atoms with Crippen LogP contribution in [0.25, 0.3) is 0 Å². The summed E-state index contributed by atoms with van der Waals surface area (Å²) < 4.78 is 12.9. The van der Waals surface area contributed by atoms with Gasteiger partial charge in [-0.1, -0.05) is 6.07 Å². The van der Waals surface area contributed by atoms with Crippen LogP contribution in [0.3, 0.4) is 0 Å². The fourth-order valence-corrected chi connectivity index (χ4v) is 2.16. The first kappa shape index (κ1) is 12.0. The van der Waals surface area contributed by atoms with E-state index in [1.165, 1.54) is 0 Å². The Kier molecular flexibility index (Phi) is 3.13. The number of ether oxygens (including phenoxy) is 2. The number of nitrogens with zero attached hydrogens (tertiary/aromatic N) is 2. The van der Waals surface area contributed by atoms with Crippen LogP contribution in [0.2, 0.25) is 0 Å². The third kappa shape index (κ3) is 2.56. The largest absolute Gasteiger partial charge is 0.486 e. The summed E-state index contributed by atoms with van der Waals surface area (Å²) in [5.41, 5.74) is 8.23. The van der Waals surface area contributed by atoms with Crippen LogP contribution in [0, 0.1) is 6.92 Å². The van der Waals surface area contributed by atoms with Gasteiger partial charge in [-0.15, -0.1) is 0 Å². The van der Waals surface area contributed by atoms with Gasteiger partial charge < -0.3 is 15.2 Å². The molecule has 0 spiro atoms. The Hall–Kier alpha value is -2.01. The number of aryl methyl sites for hydroxylation is 1. The summed E-state index contributed by atoms with van der Waals surface area (Å²) >= 11 is 0. The fraction of sp³-hybridized carbons (Fsp3) is 0.357. The Morgan fingerprint density at radius 2 is 2.05 bits per heavy atom. The minimum Gasteiger partial charge on any atom is -0.486 e. The fourth-order valence-electron chi connectivity index (χ4n) is 2.16. The molecule has 1 aliphatic heterocycles. The second kappa shape index (κ2) is 4.93. The van der Waals surface area contributed by atoms with E-state index in [0.29, 0.717) is 19.8 Å². The lowest BCUT2D eigenvalue weighted by atomic mass is 10.1. The molecule has 5 heteroatoms. The van der Waals surface area contributed by atoms with Crippen LogP contribution in [0.15, 0.2) is 30.5 Å². The van der Waals surface area contributed by atoms with Crippen molar-refractivity contribution in [1.82, 2.24) is 9.78 Å². The van der Waals surface area contributed by atoms with E-state index in [9.17, 15) is 0 Å². The highest BCUT2D eigenvalue weighted by molar-refractivity contribution is 5.44. The highest BCUT2D eigenvalue weighted by atomic mass is 16.6. The highest BCUT2D eigenvalue weighted by Gasteiger charge is 2.15. The molecule has 0 fully saturated rings. The lowest BCUT2D eigenvalue weighted by Gasteiger charge is -2.20. The van der Waals surface area contributed by atoms with Gasteiger partial charge in [0.05, 0.1) is 12.2 Å². The van der Waals surface area contributed by atoms with E-state index < -0.39 is 0 Å². The number of rotatable bonds is 3. The van der Waals surface area contributed by atoms with Crippen LogP contribution in [0.1, 0.15) is 17.3 Å². The molecule has 2 aromatic rings. The van der Waals surface area contributed by atoms with Crippen molar-refractivity contribution in [3.8, 4) is 11.5 Å². The number of hydrogen-bond donors (Lipinski definition) is 1. The summed E-state index contributed by atoms with van der Waals surface area (Å²) in [4.78, 5) is 0. The Balaban J connectivity index is 1.77. The molecule has 2 N–H and O–H groups in total. The van der Waals surface area contributed by atoms with E-state index in [2.05, 4.69) is 5.10 Å². The summed E-state index contributed by atoms with van der Waals surface area (Å²) in [5, 5.41) is 4.34. The Bertz CT molecular complexity index is 580. The summed E-state index contributed by atoms with van der Waals surface area (Å²) in [6.07, 6.45) is 1.94. The van der Waals surface area contributed by atoms with Gasteiger partial charge >= 0.3 is 0 Å². The zero-order valence-corrected chi connectivity index (χ0v) is 10.9. The average Bonchev–Trinajstić information content (AvgIpc) is 2.83. The SMILES string of the molecule is Cc1ccn(CC(N)c2ccc3c(c2)OCCO3)n1. The zero-order valence-electron chi connectivity index (χ0n) is 10.9. The number of benzene rings is 1. The molecule has 5 nitrogen and oxygen atoms in total. The summed E-state index contributed by atoms with van der Waals surface area (Å²) in [5.74, 6) is 1.56. The van der Waals surface area contributed by atoms with Gasteiger partial charge in [-0.25, -0.2) is 0 Å². The summed E-state index contributed by atoms with van der Waals surface area (Å²) in [6.45, 7) is 3.80. The van der Waals surface area contributed by atoms with Crippen molar-refractivity contribution < 1.29 is 9.47 Å². The zero-order chi connectivity index (χ0) is 13.2. The minimum atomic E-state index is -0.116. The van der Waals surface area contributed by atoms with Gasteiger partial charge in [0, 0.05) is 12.2 Å². The van der Waals surface area contributed by atoms with Gasteiger partial charge in [0.2, 0.25) is 0 Å². The monoisotopic (exact) mass is 259 g/mol. The van der Waals surface area contributed by atoms with Crippen LogP contribution in [-0.2, 0) is 6.54 Å². The molecule has 1 atom stereocenters. The second-order valence-electron chi connectivity index (χ2n) is 4.69. The van der Waals surface area contributed by atoms with E-state index in [-0.39, 0.29) is 6.04 Å². The van der Waals surface area contributed by atoms with Crippen LogP contribution < -0.4 is 15.2 Å². The summed E-state index contributed by atoms with van der Waals surface area (Å²) in [6, 6.07) is 7.70. The van der Waals surface area contributed by atoms with Gasteiger partial charge in [0.15, 0.2) is 11.5 Å². The molecule has 1 aromatic heterocycles. The molecule has 19 heavy (non-hydrogen) atoms. The summed E-state index contributed by atoms with van der Waals surface area (Å²) in [7, 11) is 0. The maximum atomic E-state index is 6.21. The van der Waals surface area contributed by atoms with E-state index in [1.54, 1.807) is 0 Å². The molecule has 2 heterocycles. The molecule has 0 amide bonds. The molecule has 0 saturated heterocycles. The van der Waals surface area contributed by atoms with E-state index >= 15 is 0 Å². The molecule has 1 unspecified atom stereocenters. The Morgan fingerprint density at radius 1 is 1.26 bits per heavy atom. The van der Waals surface area contributed by atoms with Crippen molar-refractivity contribution in [2.24, 2.45) is 5.73 Å². The molecule has 0 aliphatic carbocycles. The first-order valence-corrected chi connectivity index (χ1v) is 6.37. The van der Waals surface area contributed by atoms with Gasteiger partial charge in [0.1, 0.15) is 13.2 Å². The van der Waals surface area contributed by atoms with E-state index in [4.69, 9.17) is 15.2 Å². The Morgan fingerprint density at radius 3 is 2.79 bits per heavy atom. The molecule has 0 radical (unpaired) electrons. The van der Waals surface area contributed by atoms with Crippen LogP contribution in [0.4, 0.5) is 0 Å². The molecule has 100 valence electrons. The normalized spacial score (nSPS) is 15.3. The van der Waals surface area contributed by atoms with Crippen molar-refractivity contribution in [1.29, 1.82) is 0 Å². The van der Waals surface area contributed by atoms with Gasteiger partial charge in [-0.05, 0) is 30.7 Å². The standard InChI is InChI=1S/C14H17N3O2/c1-10-4-5-17(16-10)9-12(15)11-2-3-13-14(8-11)19-7-6-18-13/h2-5,8,12H,6-7,9,15H2,1H3. The highest BCUT2D eigenvalue weighted by Crippen LogP contribution is 2.32. The molecule has 1 aromatic carbocycles. The van der Waals surface area contributed by atoms with Crippen molar-refractivity contribution >= 4 is 0 Å². The number of aromatic nitrogens is 2. The molecule has 1 aliphatic rings. The van der Waals surface area contributed by atoms with E-state index in [1.807, 2.05) is 42.1 Å². The van der Waals surface area contributed by atoms with Crippen molar-refractivity contribution in [2.45, 2.75) is 19.5 Å². The third-order valence-corrected chi connectivity index (χ3v) is 3.15. The predicted molar refractivity (Wildman–Crippen MR) is 71.3 cm³/mol. The molecular formula is C14H17N3O2. The predicted octanol–water partition coefficient (Wildman–Crippen LogP) is 1.66. The number of fused-ring (bicyclic) bond motifs is 1. The van der Waals surface area contributed by atoms with Gasteiger partial charge in [-0.3, -0.25) is 4.68 Å². The van der Waals surface area contributed by atoms with Gasteiger partial charge in [0.25, 0.3) is 0 Å². The minimum absolute atomic E-state index is 0.116. The van der Waals surface area contributed by atoms with Crippen LogP contribution >= 0.6 is 0 Å². The molecular weight excluding hydrogens is 242 g/mol. The maximum absolute atomic E-state index is 6.21. The smallest absolute Gasteiger partial charge is 0.161 e. The van der Waals surface area contributed by atoms with Crippen molar-refractivity contribution in [2.75, 3.05) is 13.2 Å². The molecule has 0 saturated carbocycles. The quantitative estimate of drug-likeness (QED) is 0.910. The van der Waals surface area contributed by atoms with Crippen LogP contribution in [-0.4, -0.2) is 23.0 Å². The van der Waals surface area contributed by atoms with E-state index in [0.717, 1.165) is 22.8 Å². The maximum Gasteiger partial charge on any atom is 0.161 e. The first-order valence-electron chi connectivity index (χ1n) is 6.37. The Labute approximate surface area is 111 Å². The topological polar surface area (TPSA) is 62.3 Å². The van der Waals surface area contributed by atoms with Crippen molar-refractivity contribution in [3.63, 3.8) is 0 Å². The lowest BCUT2D eigenvalue weighted by molar-refractivity contribution is 0.171. The van der Waals surface area contributed by atoms with Crippen molar-refractivity contribution in [3.05, 3.63) is 41.7 Å².